The molecule has 2 aliphatic rings. The van der Waals surface area contributed by atoms with E-state index in [2.05, 4.69) is 71.1 Å². The van der Waals surface area contributed by atoms with E-state index in [4.69, 9.17) is 30.0 Å². The van der Waals surface area contributed by atoms with E-state index in [9.17, 15) is 26.3 Å². The van der Waals surface area contributed by atoms with Crippen molar-refractivity contribution in [1.82, 2.24) is 34.9 Å². The fraction of sp³-hybridized carbons (Fsp3) is 0.271. The summed E-state index contributed by atoms with van der Waals surface area (Å²) in [7, 11) is -1.96. The Morgan fingerprint density at radius 3 is 1.11 bits per heavy atom. The zero-order valence-corrected chi connectivity index (χ0v) is 37.8. The lowest BCUT2D eigenvalue weighted by Crippen LogP contribution is -2.33. The number of rotatable bonds is 7. The summed E-state index contributed by atoms with van der Waals surface area (Å²) in [6.45, 7) is 0. The van der Waals surface area contributed by atoms with Gasteiger partial charge in [-0.2, -0.15) is 41.3 Å². The highest BCUT2D eigenvalue weighted by Gasteiger charge is 2.40. The van der Waals surface area contributed by atoms with Gasteiger partial charge in [0.25, 0.3) is 0 Å². The third kappa shape index (κ3) is 11.6. The highest BCUT2D eigenvalue weighted by Crippen LogP contribution is 2.45. The number of hydrogen-bond donors (Lipinski definition) is 2. The molecule has 0 aromatic carbocycles. The third-order valence-corrected chi connectivity index (χ3v) is 12.5. The van der Waals surface area contributed by atoms with Crippen LogP contribution < -0.4 is 5.46 Å². The predicted molar refractivity (Wildman–Crippen MR) is 247 cm³/mol. The van der Waals surface area contributed by atoms with Crippen molar-refractivity contribution >= 4 is 44.4 Å². The normalized spacial score (nSPS) is 14.9. The van der Waals surface area contributed by atoms with E-state index in [0.29, 0.717) is 22.8 Å². The number of pyridine rings is 7. The Morgan fingerprint density at radius 1 is 0.409 bits per heavy atom. The molecule has 0 radical (unpaired) electrons. The molecule has 0 saturated heterocycles. The first-order valence-electron chi connectivity index (χ1n) is 20.8. The van der Waals surface area contributed by atoms with Crippen molar-refractivity contribution in [3.8, 4) is 22.5 Å². The highest BCUT2D eigenvalue weighted by atomic mass is 79.9. The number of hydrogen-bond acceptors (Lipinski definition) is 9. The van der Waals surface area contributed by atoms with Gasteiger partial charge in [-0.25, -0.2) is 9.97 Å². The Kier molecular flexibility index (Phi) is 17.0. The first-order chi connectivity index (χ1) is 31.3. The topological polar surface area (TPSA) is 131 Å². The van der Waals surface area contributed by atoms with Crippen molar-refractivity contribution in [2.75, 3.05) is 0 Å². The molecular weight excluding hydrogens is 991 g/mol. The molecule has 18 heteroatoms. The van der Waals surface area contributed by atoms with Crippen LogP contribution in [-0.2, 0) is 10.8 Å². The SMILES string of the molecule is Brc1cccc(C2(c3cccc(Br)n3)CCCCC2)n1.C.Fc1ccc(-c2cccc(C3(c4cccc(-c5ccc(F)nc5F)n4)CCCCC3)n2)c(F)n1.OB(O)c1ccc(F)nc1F. The minimum absolute atomic E-state index is 0. The minimum atomic E-state index is -1.96. The molecule has 66 heavy (non-hydrogen) atoms. The molecule has 2 aliphatic carbocycles. The molecular formula is C48H44BBr2F6N7O2. The lowest BCUT2D eigenvalue weighted by Gasteiger charge is -2.37. The van der Waals surface area contributed by atoms with Gasteiger partial charge in [0.15, 0.2) is 0 Å². The maximum Gasteiger partial charge on any atom is 0.493 e. The summed E-state index contributed by atoms with van der Waals surface area (Å²) in [6.07, 6.45) is 10.5. The Hall–Kier alpha value is -5.43. The van der Waals surface area contributed by atoms with Crippen molar-refractivity contribution in [3.63, 3.8) is 0 Å². The van der Waals surface area contributed by atoms with Crippen LogP contribution in [0.15, 0.2) is 118 Å². The molecule has 0 bridgehead atoms. The fourth-order valence-electron chi connectivity index (χ4n) is 8.47. The molecule has 2 saturated carbocycles. The van der Waals surface area contributed by atoms with Crippen molar-refractivity contribution < 1.29 is 36.4 Å². The molecule has 7 aromatic heterocycles. The van der Waals surface area contributed by atoms with Gasteiger partial charge in [-0.05, 0) is 136 Å². The standard InChI is InChI=1S/C26H20F4N4.C16H16Br2N2.C5H4BF2NO2.CH4/c27-22-12-10-16(24(29)33-22)18-6-4-8-20(31-18)26(14-2-1-3-15-26)21-9-5-7-19(32-21)17-11-13-23(28)34-25(17)30;17-14-8-4-6-12(19-14)16(10-2-1-3-11-16)13-7-5-9-15(18)20-13;7-4-2-1-3(6(10)11)5(8)9-4;/h4-13H,1-3,14-15H2;4-9H,1-3,10-11H2;1-2,10-11H;1H4. The predicted octanol–water partition coefficient (Wildman–Crippen LogP) is 11.3. The van der Waals surface area contributed by atoms with Gasteiger partial charge in [0, 0.05) is 5.46 Å². The molecule has 7 aromatic rings. The molecule has 0 aliphatic heterocycles. The summed E-state index contributed by atoms with van der Waals surface area (Å²) in [6, 6.07) is 29.6. The van der Waals surface area contributed by atoms with E-state index in [1.807, 2.05) is 24.3 Å². The molecule has 342 valence electrons. The fourth-order valence-corrected chi connectivity index (χ4v) is 9.16. The molecule has 0 unspecified atom stereocenters. The second-order valence-electron chi connectivity index (χ2n) is 15.6. The van der Waals surface area contributed by atoms with E-state index in [0.717, 1.165) is 89.8 Å². The quantitative estimate of drug-likeness (QED) is 0.0910. The monoisotopic (exact) mass is 1030 g/mol. The Balaban J connectivity index is 0.000000189. The largest absolute Gasteiger partial charge is 0.493 e. The lowest BCUT2D eigenvalue weighted by molar-refractivity contribution is 0.330. The maximum absolute atomic E-state index is 14.4. The summed E-state index contributed by atoms with van der Waals surface area (Å²) in [5.74, 6) is -5.86. The maximum atomic E-state index is 14.4. The van der Waals surface area contributed by atoms with Gasteiger partial charge in [-0.1, -0.05) is 76.3 Å². The molecule has 2 fully saturated rings. The molecule has 0 amide bonds. The third-order valence-electron chi connectivity index (χ3n) is 11.6. The van der Waals surface area contributed by atoms with Crippen LogP contribution in [-0.4, -0.2) is 52.1 Å². The van der Waals surface area contributed by atoms with E-state index in [1.165, 1.54) is 31.4 Å². The summed E-state index contributed by atoms with van der Waals surface area (Å²) in [5, 5.41) is 16.9. The van der Waals surface area contributed by atoms with Gasteiger partial charge in [-0.15, -0.1) is 0 Å². The van der Waals surface area contributed by atoms with Crippen LogP contribution in [0.2, 0.25) is 0 Å². The zero-order valence-electron chi connectivity index (χ0n) is 34.6. The van der Waals surface area contributed by atoms with Crippen LogP contribution in [0.4, 0.5) is 26.3 Å². The zero-order chi connectivity index (χ0) is 46.1. The van der Waals surface area contributed by atoms with Crippen molar-refractivity contribution in [1.29, 1.82) is 0 Å². The summed E-state index contributed by atoms with van der Waals surface area (Å²) in [5.41, 5.74) is 3.54. The number of nitrogens with zero attached hydrogens (tertiary/aromatic N) is 7. The lowest BCUT2D eigenvalue weighted by atomic mass is 9.69. The Labute approximate surface area is 395 Å². The minimum Gasteiger partial charge on any atom is -0.423 e. The van der Waals surface area contributed by atoms with Crippen LogP contribution in [0.5, 0.6) is 0 Å². The molecule has 2 N–H and O–H groups in total. The Morgan fingerprint density at radius 2 is 0.758 bits per heavy atom. The van der Waals surface area contributed by atoms with E-state index >= 15 is 0 Å². The van der Waals surface area contributed by atoms with Gasteiger partial charge in [0.05, 0.1) is 56.1 Å². The van der Waals surface area contributed by atoms with Crippen LogP contribution in [0.25, 0.3) is 22.5 Å². The summed E-state index contributed by atoms with van der Waals surface area (Å²) in [4.78, 5) is 28.3. The van der Waals surface area contributed by atoms with Crippen LogP contribution in [0.3, 0.4) is 0 Å². The molecule has 0 spiro atoms. The summed E-state index contributed by atoms with van der Waals surface area (Å²) >= 11 is 7.00. The smallest absolute Gasteiger partial charge is 0.423 e. The number of aromatic nitrogens is 7. The Bertz CT molecular complexity index is 2620. The summed E-state index contributed by atoms with van der Waals surface area (Å²) < 4.78 is 81.7. The van der Waals surface area contributed by atoms with Gasteiger partial charge >= 0.3 is 7.12 Å². The second-order valence-corrected chi connectivity index (χ2v) is 17.3. The van der Waals surface area contributed by atoms with Crippen molar-refractivity contribution in [3.05, 3.63) is 177 Å². The van der Waals surface area contributed by atoms with Gasteiger partial charge in [-0.3, -0.25) is 9.97 Å². The molecule has 7 heterocycles. The van der Waals surface area contributed by atoms with Gasteiger partial charge in [0.1, 0.15) is 9.21 Å². The van der Waals surface area contributed by atoms with Gasteiger partial charge in [0.2, 0.25) is 35.7 Å². The molecule has 9 nitrogen and oxygen atoms in total. The van der Waals surface area contributed by atoms with Crippen LogP contribution in [0.1, 0.15) is 94.4 Å². The van der Waals surface area contributed by atoms with Crippen molar-refractivity contribution in [2.45, 2.75) is 82.5 Å². The highest BCUT2D eigenvalue weighted by molar-refractivity contribution is 9.10. The van der Waals surface area contributed by atoms with Crippen molar-refractivity contribution in [2.24, 2.45) is 0 Å². The van der Waals surface area contributed by atoms with E-state index in [-0.39, 0.29) is 24.0 Å². The van der Waals surface area contributed by atoms with E-state index in [1.54, 1.807) is 24.3 Å². The first kappa shape index (κ1) is 50.0. The molecule has 9 rings (SSSR count). The second kappa shape index (κ2) is 22.4. The molecule has 0 atom stereocenters. The average molecular weight is 1040 g/mol. The van der Waals surface area contributed by atoms with Crippen LogP contribution >= 0.6 is 31.9 Å². The average Bonchev–Trinajstić information content (AvgIpc) is 3.30. The first-order valence-corrected chi connectivity index (χ1v) is 22.4. The number of halogens is 8. The van der Waals surface area contributed by atoms with Crippen LogP contribution in [0, 0.1) is 35.7 Å². The van der Waals surface area contributed by atoms with Gasteiger partial charge < -0.3 is 10.0 Å². The van der Waals surface area contributed by atoms with E-state index < -0.39 is 53.7 Å².